The summed E-state index contributed by atoms with van der Waals surface area (Å²) in [5.74, 6) is 0.364. The summed E-state index contributed by atoms with van der Waals surface area (Å²) in [5, 5.41) is 7.75. The van der Waals surface area contributed by atoms with Crippen LogP contribution < -0.4 is 10.3 Å². The molecular formula is C13H22N6O3S. The van der Waals surface area contributed by atoms with E-state index in [1.807, 2.05) is 13.8 Å². The predicted octanol–water partition coefficient (Wildman–Crippen LogP) is 0.435. The van der Waals surface area contributed by atoms with Crippen LogP contribution in [0.1, 0.15) is 45.5 Å². The molecule has 0 aromatic carbocycles. The van der Waals surface area contributed by atoms with Gasteiger partial charge in [-0.05, 0) is 19.8 Å². The van der Waals surface area contributed by atoms with Crippen LogP contribution in [0, 0.1) is 0 Å². The Bertz CT molecular complexity index is 806. The zero-order valence-corrected chi connectivity index (χ0v) is 14.3. The van der Waals surface area contributed by atoms with E-state index >= 15 is 0 Å². The van der Waals surface area contributed by atoms with Crippen LogP contribution in [0.25, 0.3) is 5.65 Å². The molecule has 2 heterocycles. The van der Waals surface area contributed by atoms with Gasteiger partial charge in [0, 0.05) is 25.5 Å². The van der Waals surface area contributed by atoms with Gasteiger partial charge in [-0.15, -0.1) is 10.2 Å². The van der Waals surface area contributed by atoms with E-state index in [9.17, 15) is 13.2 Å². The lowest BCUT2D eigenvalue weighted by atomic mass is 10.3. The molecule has 128 valence electrons. The third-order valence-corrected chi connectivity index (χ3v) is 5.06. The van der Waals surface area contributed by atoms with Crippen LogP contribution in [0.2, 0.25) is 0 Å². The molecule has 1 atom stereocenters. The molecular weight excluding hydrogens is 320 g/mol. The quantitative estimate of drug-likeness (QED) is 0.722. The Morgan fingerprint density at radius 3 is 2.57 bits per heavy atom. The molecule has 2 aromatic heterocycles. The molecule has 0 aliphatic heterocycles. The van der Waals surface area contributed by atoms with Gasteiger partial charge in [0.1, 0.15) is 0 Å². The van der Waals surface area contributed by atoms with Crippen LogP contribution in [-0.2, 0) is 10.2 Å². The number of H-pyrrole nitrogens is 1. The summed E-state index contributed by atoms with van der Waals surface area (Å²) in [6.07, 6.45) is 4.52. The summed E-state index contributed by atoms with van der Waals surface area (Å²) in [6, 6.07) is -0.618. The average Bonchev–Trinajstić information content (AvgIpc) is 2.92. The summed E-state index contributed by atoms with van der Waals surface area (Å²) >= 11 is 0. The van der Waals surface area contributed by atoms with Gasteiger partial charge in [-0.25, -0.2) is 0 Å². The van der Waals surface area contributed by atoms with Crippen LogP contribution in [-0.4, -0.2) is 45.4 Å². The van der Waals surface area contributed by atoms with E-state index in [1.165, 1.54) is 14.9 Å². The Balaban J connectivity index is 2.27. The monoisotopic (exact) mass is 342 g/mol. The van der Waals surface area contributed by atoms with Gasteiger partial charge in [-0.3, -0.25) is 9.20 Å². The molecule has 0 saturated heterocycles. The molecule has 0 spiro atoms. The molecule has 0 radical (unpaired) electrons. The summed E-state index contributed by atoms with van der Waals surface area (Å²) in [4.78, 5) is 14.2. The number of hydrogen-bond donors (Lipinski definition) is 2. The molecule has 0 aliphatic rings. The smallest absolute Gasteiger partial charge is 0.293 e. The first-order valence-electron chi connectivity index (χ1n) is 7.60. The maximum atomic E-state index is 12.5. The minimum absolute atomic E-state index is 0.132. The highest BCUT2D eigenvalue weighted by atomic mass is 32.2. The lowest BCUT2D eigenvalue weighted by Gasteiger charge is -2.23. The minimum Gasteiger partial charge on any atom is -0.324 e. The highest BCUT2D eigenvalue weighted by Crippen LogP contribution is 2.13. The summed E-state index contributed by atoms with van der Waals surface area (Å²) in [7, 11) is -3.63. The standard InChI is InChI=1S/C13H22N6O3S/c1-4-7-18(8-5-2)23(21,22)17-10(3)11-15-16-12-13(20)14-6-9-19(11)12/h6,9-10,17H,4-5,7-8H2,1-3H3,(H,14,20). The van der Waals surface area contributed by atoms with Crippen LogP contribution >= 0.6 is 0 Å². The van der Waals surface area contributed by atoms with Crippen LogP contribution in [0.15, 0.2) is 17.2 Å². The maximum Gasteiger partial charge on any atom is 0.293 e. The van der Waals surface area contributed by atoms with E-state index in [0.29, 0.717) is 18.9 Å². The Morgan fingerprint density at radius 1 is 1.30 bits per heavy atom. The van der Waals surface area contributed by atoms with Gasteiger partial charge in [0.25, 0.3) is 15.8 Å². The number of fused-ring (bicyclic) bond motifs is 1. The van der Waals surface area contributed by atoms with Crippen molar-refractivity contribution < 1.29 is 8.42 Å². The van der Waals surface area contributed by atoms with E-state index in [-0.39, 0.29) is 11.2 Å². The van der Waals surface area contributed by atoms with Gasteiger partial charge in [0.2, 0.25) is 5.65 Å². The third kappa shape index (κ3) is 3.77. The molecule has 23 heavy (non-hydrogen) atoms. The first-order valence-corrected chi connectivity index (χ1v) is 9.04. The molecule has 2 aromatic rings. The lowest BCUT2D eigenvalue weighted by molar-refractivity contribution is 0.396. The zero-order valence-electron chi connectivity index (χ0n) is 13.5. The van der Waals surface area contributed by atoms with Gasteiger partial charge in [0.15, 0.2) is 5.82 Å². The number of aromatic amines is 1. The molecule has 9 nitrogen and oxygen atoms in total. The first kappa shape index (κ1) is 17.6. The van der Waals surface area contributed by atoms with Crippen molar-refractivity contribution >= 4 is 15.9 Å². The normalized spacial score (nSPS) is 13.7. The van der Waals surface area contributed by atoms with Crippen molar-refractivity contribution in [1.29, 1.82) is 0 Å². The van der Waals surface area contributed by atoms with Crippen molar-refractivity contribution in [3.63, 3.8) is 0 Å². The van der Waals surface area contributed by atoms with Gasteiger partial charge in [-0.2, -0.15) is 17.4 Å². The highest BCUT2D eigenvalue weighted by Gasteiger charge is 2.25. The summed E-state index contributed by atoms with van der Waals surface area (Å²) in [6.45, 7) is 6.44. The van der Waals surface area contributed by atoms with E-state index in [1.54, 1.807) is 13.1 Å². The van der Waals surface area contributed by atoms with Gasteiger partial charge < -0.3 is 4.98 Å². The van der Waals surface area contributed by atoms with Crippen molar-refractivity contribution in [2.24, 2.45) is 0 Å². The Hall–Kier alpha value is -1.78. The molecule has 0 fully saturated rings. The van der Waals surface area contributed by atoms with Crippen molar-refractivity contribution in [3.8, 4) is 0 Å². The minimum atomic E-state index is -3.63. The number of aromatic nitrogens is 4. The lowest BCUT2D eigenvalue weighted by Crippen LogP contribution is -2.42. The fraction of sp³-hybridized carbons (Fsp3) is 0.615. The molecule has 1 unspecified atom stereocenters. The fourth-order valence-corrected chi connectivity index (χ4v) is 3.90. The number of nitrogens with zero attached hydrogens (tertiary/aromatic N) is 4. The summed E-state index contributed by atoms with van der Waals surface area (Å²) < 4.78 is 30.5. The van der Waals surface area contributed by atoms with Crippen molar-refractivity contribution in [2.75, 3.05) is 13.1 Å². The maximum absolute atomic E-state index is 12.5. The van der Waals surface area contributed by atoms with Crippen molar-refractivity contribution in [3.05, 3.63) is 28.6 Å². The molecule has 10 heteroatoms. The molecule has 0 aliphatic carbocycles. The molecule has 2 rings (SSSR count). The Labute approximate surface area is 134 Å². The van der Waals surface area contributed by atoms with Gasteiger partial charge >= 0.3 is 0 Å². The Kier molecular flexibility index (Phi) is 5.50. The first-order chi connectivity index (χ1) is 10.9. The van der Waals surface area contributed by atoms with E-state index in [4.69, 9.17) is 0 Å². The number of nitrogens with one attached hydrogen (secondary N) is 2. The van der Waals surface area contributed by atoms with Gasteiger partial charge in [0.05, 0.1) is 6.04 Å². The SMILES string of the molecule is CCCN(CCC)S(=O)(=O)NC(C)c1nnc2c(=O)[nH]ccn12. The van der Waals surface area contributed by atoms with Crippen molar-refractivity contribution in [2.45, 2.75) is 39.7 Å². The summed E-state index contributed by atoms with van der Waals surface area (Å²) in [5.41, 5.74) is -0.243. The van der Waals surface area contributed by atoms with E-state index in [0.717, 1.165) is 12.8 Å². The number of hydrogen-bond acceptors (Lipinski definition) is 5. The second kappa shape index (κ2) is 7.20. The topological polar surface area (TPSA) is 112 Å². The predicted molar refractivity (Wildman–Crippen MR) is 86.2 cm³/mol. The van der Waals surface area contributed by atoms with Crippen LogP contribution in [0.4, 0.5) is 0 Å². The van der Waals surface area contributed by atoms with Crippen molar-refractivity contribution in [1.82, 2.24) is 28.6 Å². The van der Waals surface area contributed by atoms with E-state index in [2.05, 4.69) is 19.9 Å². The second-order valence-electron chi connectivity index (χ2n) is 5.28. The third-order valence-electron chi connectivity index (χ3n) is 3.36. The van der Waals surface area contributed by atoms with Crippen LogP contribution in [0.3, 0.4) is 0 Å². The molecule has 0 bridgehead atoms. The van der Waals surface area contributed by atoms with Crippen LogP contribution in [0.5, 0.6) is 0 Å². The number of rotatable bonds is 8. The van der Waals surface area contributed by atoms with E-state index < -0.39 is 16.3 Å². The molecule has 0 saturated carbocycles. The average molecular weight is 342 g/mol. The largest absolute Gasteiger partial charge is 0.324 e. The van der Waals surface area contributed by atoms with Gasteiger partial charge in [-0.1, -0.05) is 13.8 Å². The Morgan fingerprint density at radius 2 is 1.96 bits per heavy atom. The molecule has 0 amide bonds. The zero-order chi connectivity index (χ0) is 17.0. The highest BCUT2D eigenvalue weighted by molar-refractivity contribution is 7.87. The molecule has 2 N–H and O–H groups in total. The fourth-order valence-electron chi connectivity index (χ4n) is 2.35. The second-order valence-corrected chi connectivity index (χ2v) is 6.99.